The highest BCUT2D eigenvalue weighted by molar-refractivity contribution is 7.87. The number of hydrogen-bond donors (Lipinski definition) is 3. The second-order valence-electron chi connectivity index (χ2n) is 17.1. The monoisotopic (exact) mass is 903 g/mol. The number of aryl methyl sites for hydroxylation is 1. The number of methoxy groups -OCH3 is 1. The van der Waals surface area contributed by atoms with E-state index in [4.69, 9.17) is 31.0 Å². The Kier molecular flexibility index (Phi) is 12.8. The van der Waals surface area contributed by atoms with Crippen molar-refractivity contribution in [2.75, 3.05) is 32.1 Å². The molecule has 3 fully saturated rings. The topological polar surface area (TPSA) is 172 Å². The van der Waals surface area contributed by atoms with Gasteiger partial charge in [0.15, 0.2) is 0 Å². The summed E-state index contributed by atoms with van der Waals surface area (Å²) in [7, 11) is -2.51. The maximum Gasteiger partial charge on any atom is 0.303 e. The fourth-order valence-electron chi connectivity index (χ4n) is 8.77. The zero-order chi connectivity index (χ0) is 43.8. The third-order valence-electron chi connectivity index (χ3n) is 12.4. The summed E-state index contributed by atoms with van der Waals surface area (Å²) < 4.78 is 42.8. The van der Waals surface area contributed by atoms with Gasteiger partial charge in [0.05, 0.1) is 24.9 Å². The highest BCUT2D eigenvalue weighted by Gasteiger charge is 2.62. The first-order valence-corrected chi connectivity index (χ1v) is 24.2. The lowest BCUT2D eigenvalue weighted by atomic mass is 10.0. The fraction of sp³-hybridized carbons (Fsp3) is 0.489. The van der Waals surface area contributed by atoms with E-state index in [2.05, 4.69) is 29.2 Å². The van der Waals surface area contributed by atoms with Gasteiger partial charge in [0.1, 0.15) is 45.9 Å². The quantitative estimate of drug-likeness (QED) is 0.139. The Hall–Kier alpha value is -4.77. The second-order valence-corrected chi connectivity index (χ2v) is 20.1. The Bertz CT molecular complexity index is 2470. The number of rotatable bonds is 10. The van der Waals surface area contributed by atoms with Gasteiger partial charge in [-0.1, -0.05) is 50.4 Å². The van der Waals surface area contributed by atoms with Crippen molar-refractivity contribution in [3.63, 3.8) is 0 Å². The summed E-state index contributed by atoms with van der Waals surface area (Å²) in [5, 5.41) is 10.5. The standard InChI is InChI=1S/C45H54ClN7O7S2/c1-27(2)36-26-61-42(49-36)35-23-39(33-18-19-38(59-4)28(3)40(33)48-35)60-32-22-37-41(54)50-45(44(56)51-62(57,58)52-20-10-11-21-52)24-29(45)12-8-6-5-7-9-13-34(43(55)53(37)25-32)47-31-16-14-30(46)15-17-31/h8,12,14-19,23,26-27,29,32,34,37,47H,5-7,9-11,13,20-22,24-25H2,1-4H3,(H,50,54)(H,51,56)/b12-8-/t29-,32-,34+,37+,45-/m1/s1. The number of halogens is 1. The molecule has 3 aliphatic heterocycles. The van der Waals surface area contributed by atoms with Crippen LogP contribution in [0.5, 0.6) is 11.5 Å². The Balaban J connectivity index is 1.15. The van der Waals surface area contributed by atoms with E-state index in [0.717, 1.165) is 47.3 Å². The lowest BCUT2D eigenvalue weighted by Crippen LogP contribution is -2.58. The van der Waals surface area contributed by atoms with Gasteiger partial charge >= 0.3 is 10.2 Å². The maximum atomic E-state index is 14.9. The van der Waals surface area contributed by atoms with Crippen molar-refractivity contribution in [3.8, 4) is 22.2 Å². The molecule has 62 heavy (non-hydrogen) atoms. The fourth-order valence-corrected chi connectivity index (χ4v) is 11.1. The molecule has 330 valence electrons. The SMILES string of the molecule is COc1ccc2c(O[C@@H]3C[C@H]4C(=O)N[C@]5(C(=O)NS(=O)(=O)N6CCCC6)C[C@H]5/C=C\CCCCC[C@H](Nc5ccc(Cl)cc5)C(=O)N4C3)cc(-c3nc(C(C)C)cs3)nc2c1C. The molecule has 3 N–H and O–H groups in total. The molecule has 0 spiro atoms. The van der Waals surface area contributed by atoms with E-state index in [1.807, 2.05) is 54.8 Å². The average molecular weight is 905 g/mol. The van der Waals surface area contributed by atoms with E-state index in [0.29, 0.717) is 65.8 Å². The van der Waals surface area contributed by atoms with Crippen LogP contribution in [0, 0.1) is 12.8 Å². The normalized spacial score (nSPS) is 25.4. The average Bonchev–Trinajstić information content (AvgIpc) is 3.75. The van der Waals surface area contributed by atoms with Gasteiger partial charge in [0.2, 0.25) is 11.8 Å². The summed E-state index contributed by atoms with van der Waals surface area (Å²) in [5.41, 5.74) is 2.28. The lowest BCUT2D eigenvalue weighted by Gasteiger charge is -2.30. The number of benzene rings is 2. The first-order chi connectivity index (χ1) is 29.8. The number of hydrogen-bond acceptors (Lipinski definition) is 11. The summed E-state index contributed by atoms with van der Waals surface area (Å²) >= 11 is 7.71. The molecule has 2 aromatic carbocycles. The Morgan fingerprint density at radius 3 is 2.53 bits per heavy atom. The molecule has 5 heterocycles. The molecular formula is C45H54ClN7O7S2. The molecule has 4 aliphatic rings. The van der Waals surface area contributed by atoms with Gasteiger partial charge in [0, 0.05) is 58.5 Å². The Labute approximate surface area is 372 Å². The highest BCUT2D eigenvalue weighted by Crippen LogP contribution is 2.46. The van der Waals surface area contributed by atoms with Gasteiger partial charge in [-0.3, -0.25) is 14.4 Å². The molecule has 17 heteroatoms. The third-order valence-corrected chi connectivity index (χ3v) is 15.1. The summed E-state index contributed by atoms with van der Waals surface area (Å²) in [6, 6.07) is 11.0. The number of pyridine rings is 1. The van der Waals surface area contributed by atoms with Crippen molar-refractivity contribution in [2.45, 2.75) is 108 Å². The zero-order valence-corrected chi connectivity index (χ0v) is 37.9. The van der Waals surface area contributed by atoms with Gasteiger partial charge < -0.3 is 25.0 Å². The van der Waals surface area contributed by atoms with Crippen molar-refractivity contribution in [1.29, 1.82) is 0 Å². The van der Waals surface area contributed by atoms with E-state index < -0.39 is 51.7 Å². The number of carbonyl (C=O) groups is 3. The van der Waals surface area contributed by atoms with Crippen LogP contribution in [0.25, 0.3) is 21.6 Å². The number of amides is 3. The number of anilines is 1. The zero-order valence-electron chi connectivity index (χ0n) is 35.5. The first-order valence-electron chi connectivity index (χ1n) is 21.5. The summed E-state index contributed by atoms with van der Waals surface area (Å²) in [5.74, 6) is -0.638. The number of thiazole rings is 1. The molecule has 8 rings (SSSR count). The molecule has 0 unspecified atom stereocenters. The molecule has 2 saturated heterocycles. The molecule has 1 saturated carbocycles. The number of aromatic nitrogens is 2. The van der Waals surface area contributed by atoms with Crippen molar-refractivity contribution in [1.82, 2.24) is 29.2 Å². The second kappa shape index (κ2) is 18.1. The van der Waals surface area contributed by atoms with Crippen LogP contribution in [-0.2, 0) is 24.6 Å². The molecule has 4 aromatic rings. The van der Waals surface area contributed by atoms with Crippen molar-refractivity contribution < 1.29 is 32.3 Å². The van der Waals surface area contributed by atoms with E-state index in [1.165, 1.54) is 15.6 Å². The lowest BCUT2D eigenvalue weighted by molar-refractivity contribution is -0.140. The highest BCUT2D eigenvalue weighted by atomic mass is 35.5. The molecule has 1 aliphatic carbocycles. The largest absolute Gasteiger partial charge is 0.496 e. The molecule has 2 aromatic heterocycles. The van der Waals surface area contributed by atoms with Gasteiger partial charge in [-0.05, 0) is 87.8 Å². The van der Waals surface area contributed by atoms with Crippen molar-refractivity contribution in [3.05, 3.63) is 76.3 Å². The van der Waals surface area contributed by atoms with E-state index in [9.17, 15) is 22.8 Å². The minimum absolute atomic E-state index is 0.0740. The van der Waals surface area contributed by atoms with Crippen LogP contribution in [0.3, 0.4) is 0 Å². The molecule has 0 bridgehead atoms. The van der Waals surface area contributed by atoms with E-state index in [-0.39, 0.29) is 31.2 Å². The van der Waals surface area contributed by atoms with E-state index >= 15 is 0 Å². The summed E-state index contributed by atoms with van der Waals surface area (Å²) in [4.78, 5) is 55.3. The van der Waals surface area contributed by atoms with Gasteiger partial charge in [-0.2, -0.15) is 12.7 Å². The number of nitrogens with one attached hydrogen (secondary N) is 3. The van der Waals surface area contributed by atoms with Gasteiger partial charge in [0.25, 0.3) is 5.91 Å². The molecule has 5 atom stereocenters. The van der Waals surface area contributed by atoms with E-state index in [1.54, 1.807) is 24.1 Å². The van der Waals surface area contributed by atoms with Crippen LogP contribution in [0.15, 0.2) is 60.0 Å². The van der Waals surface area contributed by atoms with Crippen LogP contribution in [0.1, 0.15) is 88.8 Å². The first kappa shape index (κ1) is 43.9. The maximum absolute atomic E-state index is 14.9. The van der Waals surface area contributed by atoms with Gasteiger partial charge in [-0.25, -0.2) is 14.7 Å². The van der Waals surface area contributed by atoms with Crippen LogP contribution in [-0.4, -0.2) is 95.8 Å². The number of nitrogens with zero attached hydrogens (tertiary/aromatic N) is 4. The Morgan fingerprint density at radius 2 is 1.81 bits per heavy atom. The predicted molar refractivity (Wildman–Crippen MR) is 241 cm³/mol. The van der Waals surface area contributed by atoms with Crippen molar-refractivity contribution in [2.24, 2.45) is 5.92 Å². The molecular weight excluding hydrogens is 850 g/mol. The summed E-state index contributed by atoms with van der Waals surface area (Å²) in [6.07, 6.45) is 8.72. The van der Waals surface area contributed by atoms with Crippen LogP contribution >= 0.6 is 22.9 Å². The molecule has 0 radical (unpaired) electrons. The number of fused-ring (bicyclic) bond motifs is 3. The predicted octanol–water partition coefficient (Wildman–Crippen LogP) is 7.13. The van der Waals surface area contributed by atoms with Crippen molar-refractivity contribution >= 4 is 67.5 Å². The summed E-state index contributed by atoms with van der Waals surface area (Å²) in [6.45, 7) is 6.83. The smallest absolute Gasteiger partial charge is 0.303 e. The van der Waals surface area contributed by atoms with Gasteiger partial charge in [-0.15, -0.1) is 11.3 Å². The van der Waals surface area contributed by atoms with Crippen LogP contribution in [0.4, 0.5) is 5.69 Å². The van der Waals surface area contributed by atoms with Crippen LogP contribution < -0.4 is 24.8 Å². The minimum Gasteiger partial charge on any atom is -0.496 e. The number of allylic oxidation sites excluding steroid dienone is 1. The Morgan fingerprint density at radius 1 is 1.03 bits per heavy atom. The molecule has 14 nitrogen and oxygen atoms in total. The molecule has 3 amide bonds. The van der Waals surface area contributed by atoms with Crippen LogP contribution in [0.2, 0.25) is 5.02 Å². The third kappa shape index (κ3) is 9.15. The number of ether oxygens (including phenoxy) is 2. The minimum atomic E-state index is -4.12. The number of carbonyl (C=O) groups excluding carboxylic acids is 3.